The third kappa shape index (κ3) is 3.37. The maximum absolute atomic E-state index is 13.3. The Bertz CT molecular complexity index is 688. The van der Waals surface area contributed by atoms with E-state index in [0.29, 0.717) is 11.8 Å². The standard InChI is InChI=1S/C13H15F5N2S/c1-9(2)11-4-5-12(20-7-10(3)19-8-20)13(6-11)21(14,15,16,17)18/h4-9H,1-3H3. The van der Waals surface area contributed by atoms with Crippen molar-refractivity contribution < 1.29 is 19.4 Å². The molecule has 1 aromatic heterocycles. The van der Waals surface area contributed by atoms with Crippen molar-refractivity contribution in [3.63, 3.8) is 0 Å². The summed E-state index contributed by atoms with van der Waals surface area (Å²) in [5, 5.41) is 0. The summed E-state index contributed by atoms with van der Waals surface area (Å²) in [7, 11) is -9.80. The van der Waals surface area contributed by atoms with Gasteiger partial charge in [-0.25, -0.2) is 4.98 Å². The van der Waals surface area contributed by atoms with E-state index in [2.05, 4.69) is 4.98 Å². The van der Waals surface area contributed by atoms with Crippen molar-refractivity contribution in [1.29, 1.82) is 0 Å². The van der Waals surface area contributed by atoms with Gasteiger partial charge in [-0.2, -0.15) is 0 Å². The highest BCUT2D eigenvalue weighted by molar-refractivity contribution is 8.45. The first kappa shape index (κ1) is 15.8. The summed E-state index contributed by atoms with van der Waals surface area (Å²) in [5.41, 5.74) is 0.0362. The number of hydrogen-bond acceptors (Lipinski definition) is 1. The third-order valence-corrected chi connectivity index (χ3v) is 4.21. The van der Waals surface area contributed by atoms with Gasteiger partial charge in [0.1, 0.15) is 4.90 Å². The lowest BCUT2D eigenvalue weighted by Crippen LogP contribution is -2.11. The summed E-state index contributed by atoms with van der Waals surface area (Å²) in [5.74, 6) is -0.290. The molecule has 8 heteroatoms. The molecule has 0 saturated heterocycles. The lowest BCUT2D eigenvalue weighted by atomic mass is 10.0. The minimum absolute atomic E-state index is 0.207. The molecular weight excluding hydrogens is 311 g/mol. The minimum atomic E-state index is -9.80. The van der Waals surface area contributed by atoms with Gasteiger partial charge in [-0.05, 0) is 30.5 Å². The van der Waals surface area contributed by atoms with E-state index in [9.17, 15) is 19.4 Å². The lowest BCUT2D eigenvalue weighted by Gasteiger charge is -2.42. The molecular formula is C13H15F5N2S. The van der Waals surface area contributed by atoms with Crippen LogP contribution in [0, 0.1) is 6.92 Å². The van der Waals surface area contributed by atoms with E-state index in [1.165, 1.54) is 12.3 Å². The van der Waals surface area contributed by atoms with E-state index in [4.69, 9.17) is 0 Å². The van der Waals surface area contributed by atoms with Crippen molar-refractivity contribution >= 4 is 10.2 Å². The molecule has 0 amide bonds. The van der Waals surface area contributed by atoms with Crippen LogP contribution in [0.15, 0.2) is 35.6 Å². The van der Waals surface area contributed by atoms with Crippen LogP contribution in [-0.2, 0) is 0 Å². The van der Waals surface area contributed by atoms with Crippen LogP contribution >= 0.6 is 10.2 Å². The first-order valence-electron chi connectivity index (χ1n) is 6.17. The monoisotopic (exact) mass is 326 g/mol. The Balaban J connectivity index is 2.79. The number of halogens is 5. The molecule has 0 aliphatic carbocycles. The van der Waals surface area contributed by atoms with Crippen LogP contribution in [0.1, 0.15) is 31.0 Å². The largest absolute Gasteiger partial charge is 0.312 e. The average molecular weight is 326 g/mol. The number of benzene rings is 1. The summed E-state index contributed by atoms with van der Waals surface area (Å²) in [6, 6.07) is 3.02. The van der Waals surface area contributed by atoms with Gasteiger partial charge < -0.3 is 4.57 Å². The Kier molecular flexibility index (Phi) is 3.01. The summed E-state index contributed by atoms with van der Waals surface area (Å²) in [6.45, 7) is 4.86. The van der Waals surface area contributed by atoms with Crippen molar-refractivity contribution in [2.24, 2.45) is 0 Å². The maximum atomic E-state index is 13.3. The second kappa shape index (κ2) is 4.00. The van der Waals surface area contributed by atoms with Gasteiger partial charge in [0.15, 0.2) is 0 Å². The van der Waals surface area contributed by atoms with Crippen molar-refractivity contribution in [3.05, 3.63) is 42.0 Å². The lowest BCUT2D eigenvalue weighted by molar-refractivity contribution is 0.363. The summed E-state index contributed by atoms with van der Waals surface area (Å²) in [4.78, 5) is 1.91. The molecule has 118 valence electrons. The summed E-state index contributed by atoms with van der Waals surface area (Å²) >= 11 is 0. The molecule has 0 aliphatic heterocycles. The normalized spacial score (nSPS) is 15.9. The first-order chi connectivity index (χ1) is 9.27. The highest BCUT2D eigenvalue weighted by atomic mass is 32.5. The Labute approximate surface area is 119 Å². The van der Waals surface area contributed by atoms with Crippen molar-refractivity contribution in [2.75, 3.05) is 0 Å². The number of aryl methyl sites for hydroxylation is 1. The zero-order chi connectivity index (χ0) is 16.1. The molecule has 0 atom stereocenters. The minimum Gasteiger partial charge on any atom is -0.305 e. The van der Waals surface area contributed by atoms with Gasteiger partial charge in [-0.15, -0.1) is 0 Å². The van der Waals surface area contributed by atoms with Gasteiger partial charge in [0.25, 0.3) is 0 Å². The van der Waals surface area contributed by atoms with E-state index in [1.807, 2.05) is 0 Å². The quantitative estimate of drug-likeness (QED) is 0.636. The molecule has 0 radical (unpaired) electrons. The SMILES string of the molecule is Cc1cn(-c2ccc(C(C)C)cc2S(F)(F)(F)(F)F)cn1. The van der Waals surface area contributed by atoms with Gasteiger partial charge >= 0.3 is 10.2 Å². The summed E-state index contributed by atoms with van der Waals surface area (Å²) in [6.07, 6.45) is 2.37. The molecule has 0 N–H and O–H groups in total. The predicted molar refractivity (Wildman–Crippen MR) is 73.8 cm³/mol. The molecule has 1 heterocycles. The average Bonchev–Trinajstić information content (AvgIpc) is 2.72. The molecule has 2 aromatic rings. The van der Waals surface area contributed by atoms with E-state index in [1.54, 1.807) is 20.8 Å². The molecule has 2 rings (SSSR count). The van der Waals surface area contributed by atoms with Crippen LogP contribution in [0.25, 0.3) is 5.69 Å². The van der Waals surface area contributed by atoms with Crippen LogP contribution in [0.5, 0.6) is 0 Å². The number of imidazole rings is 1. The van der Waals surface area contributed by atoms with Crippen LogP contribution in [0.4, 0.5) is 19.4 Å². The first-order valence-corrected chi connectivity index (χ1v) is 8.12. The fourth-order valence-electron chi connectivity index (χ4n) is 1.97. The van der Waals surface area contributed by atoms with Crippen LogP contribution in [0.3, 0.4) is 0 Å². The molecule has 1 aromatic carbocycles. The number of hydrogen-bond donors (Lipinski definition) is 0. The van der Waals surface area contributed by atoms with E-state index < -0.39 is 20.8 Å². The van der Waals surface area contributed by atoms with Gasteiger partial charge in [-0.1, -0.05) is 39.3 Å². The van der Waals surface area contributed by atoms with Gasteiger partial charge in [0, 0.05) is 6.20 Å². The smallest absolute Gasteiger partial charge is 0.305 e. The van der Waals surface area contributed by atoms with Gasteiger partial charge in [-0.3, -0.25) is 0 Å². The Morgan fingerprint density at radius 3 is 2.14 bits per heavy atom. The molecule has 0 spiro atoms. The maximum Gasteiger partial charge on any atom is 0.312 e. The fourth-order valence-corrected chi connectivity index (χ4v) is 2.89. The topological polar surface area (TPSA) is 17.8 Å². The summed E-state index contributed by atoms with van der Waals surface area (Å²) < 4.78 is 67.5. The van der Waals surface area contributed by atoms with Crippen molar-refractivity contribution in [2.45, 2.75) is 31.6 Å². The molecule has 0 aliphatic rings. The second-order valence-corrected chi connectivity index (χ2v) is 7.65. The fraction of sp³-hybridized carbons (Fsp3) is 0.308. The predicted octanol–water partition coefficient (Wildman–Crippen LogP) is 5.96. The van der Waals surface area contributed by atoms with Crippen molar-refractivity contribution in [3.8, 4) is 5.69 Å². The molecule has 0 bridgehead atoms. The molecule has 0 fully saturated rings. The third-order valence-electron chi connectivity index (χ3n) is 3.06. The number of aromatic nitrogens is 2. The van der Waals surface area contributed by atoms with E-state index >= 15 is 0 Å². The highest BCUT2D eigenvalue weighted by Crippen LogP contribution is 3.02. The van der Waals surface area contributed by atoms with E-state index in [0.717, 1.165) is 17.0 Å². The van der Waals surface area contributed by atoms with Gasteiger partial charge in [0.2, 0.25) is 0 Å². The Morgan fingerprint density at radius 1 is 1.10 bits per heavy atom. The molecule has 0 saturated carbocycles. The van der Waals surface area contributed by atoms with Crippen LogP contribution in [-0.4, -0.2) is 9.55 Å². The molecule has 21 heavy (non-hydrogen) atoms. The highest BCUT2D eigenvalue weighted by Gasteiger charge is 2.67. The molecule has 0 unspecified atom stereocenters. The zero-order valence-corrected chi connectivity index (χ0v) is 12.5. The van der Waals surface area contributed by atoms with Crippen molar-refractivity contribution in [1.82, 2.24) is 9.55 Å². The van der Waals surface area contributed by atoms with Gasteiger partial charge in [0.05, 0.1) is 17.7 Å². The van der Waals surface area contributed by atoms with Crippen LogP contribution < -0.4 is 0 Å². The molecule has 2 nitrogen and oxygen atoms in total. The number of nitrogens with zero attached hydrogens (tertiary/aromatic N) is 2. The Hall–Kier alpha value is -1.57. The Morgan fingerprint density at radius 2 is 1.71 bits per heavy atom. The van der Waals surface area contributed by atoms with E-state index in [-0.39, 0.29) is 11.5 Å². The zero-order valence-electron chi connectivity index (χ0n) is 11.7. The number of rotatable bonds is 3. The second-order valence-electron chi connectivity index (χ2n) is 5.27. The van der Waals surface area contributed by atoms with Crippen LogP contribution in [0.2, 0.25) is 0 Å².